The molecule has 0 fully saturated rings. The van der Waals surface area contributed by atoms with Crippen molar-refractivity contribution in [2.45, 2.75) is 5.16 Å². The summed E-state index contributed by atoms with van der Waals surface area (Å²) < 4.78 is 0. The van der Waals surface area contributed by atoms with Gasteiger partial charge in [-0.25, -0.2) is 0 Å². The van der Waals surface area contributed by atoms with Gasteiger partial charge in [0, 0.05) is 28.2 Å². The highest BCUT2D eigenvalue weighted by Crippen LogP contribution is 2.34. The van der Waals surface area contributed by atoms with Crippen LogP contribution < -0.4 is 9.80 Å². The van der Waals surface area contributed by atoms with Crippen LogP contribution in [0, 0.1) is 10.1 Å². The normalized spacial score (nSPS) is 10.2. The lowest BCUT2D eigenvalue weighted by Gasteiger charge is -2.17. The number of thioether (sulfide) groups is 1. The summed E-state index contributed by atoms with van der Waals surface area (Å²) >= 11 is 1.35. The second-order valence-corrected chi connectivity index (χ2v) is 4.53. The minimum atomic E-state index is -0.450. The molecular weight excluding hydrogens is 242 g/mol. The summed E-state index contributed by atoms with van der Waals surface area (Å²) in [5.74, 6) is 0.635. The van der Waals surface area contributed by atoms with E-state index in [1.807, 2.05) is 6.26 Å². The zero-order valence-electron chi connectivity index (χ0n) is 10.5. The fourth-order valence-electron chi connectivity index (χ4n) is 1.29. The summed E-state index contributed by atoms with van der Waals surface area (Å²) in [5, 5.41) is 11.6. The van der Waals surface area contributed by atoms with Crippen molar-refractivity contribution in [2.75, 3.05) is 44.2 Å². The molecule has 0 aromatic carbocycles. The molecule has 0 aliphatic rings. The largest absolute Gasteiger partial charge is 0.357 e. The smallest absolute Gasteiger partial charge is 0.353 e. The van der Waals surface area contributed by atoms with E-state index < -0.39 is 4.92 Å². The lowest BCUT2D eigenvalue weighted by atomic mass is 10.4. The van der Waals surface area contributed by atoms with Gasteiger partial charge in [0.25, 0.3) is 0 Å². The SMILES string of the molecule is CSc1nc(N(C)C)c([N+](=O)[O-])c(N(C)C)n1. The van der Waals surface area contributed by atoms with Crippen molar-refractivity contribution in [1.29, 1.82) is 0 Å². The molecule has 0 aliphatic carbocycles. The van der Waals surface area contributed by atoms with E-state index in [-0.39, 0.29) is 5.69 Å². The Morgan fingerprint density at radius 3 is 1.76 bits per heavy atom. The molecule has 1 aromatic rings. The Labute approximate surface area is 104 Å². The quantitative estimate of drug-likeness (QED) is 0.347. The van der Waals surface area contributed by atoms with Crippen LogP contribution in [-0.2, 0) is 0 Å². The molecule has 0 bridgehead atoms. The predicted octanol–water partition coefficient (Wildman–Crippen LogP) is 1.24. The van der Waals surface area contributed by atoms with Gasteiger partial charge < -0.3 is 9.80 Å². The summed E-state index contributed by atoms with van der Waals surface area (Å²) in [6.45, 7) is 0. The van der Waals surface area contributed by atoms with Crippen molar-refractivity contribution >= 4 is 29.1 Å². The van der Waals surface area contributed by atoms with Gasteiger partial charge in [-0.2, -0.15) is 9.97 Å². The van der Waals surface area contributed by atoms with Crippen LogP contribution in [0.1, 0.15) is 0 Å². The van der Waals surface area contributed by atoms with E-state index in [1.54, 1.807) is 38.0 Å². The molecule has 0 saturated heterocycles. The van der Waals surface area contributed by atoms with Crippen LogP contribution >= 0.6 is 11.8 Å². The van der Waals surface area contributed by atoms with Gasteiger partial charge in [-0.05, 0) is 6.26 Å². The number of hydrogen-bond acceptors (Lipinski definition) is 7. The third-order valence-electron chi connectivity index (χ3n) is 2.04. The zero-order valence-corrected chi connectivity index (χ0v) is 11.3. The van der Waals surface area contributed by atoms with Crippen LogP contribution in [0.25, 0.3) is 0 Å². The molecule has 0 radical (unpaired) electrons. The number of aromatic nitrogens is 2. The Bertz CT molecular complexity index is 406. The second kappa shape index (κ2) is 5.17. The molecule has 0 N–H and O–H groups in total. The predicted molar refractivity (Wildman–Crippen MR) is 69.1 cm³/mol. The van der Waals surface area contributed by atoms with E-state index in [1.165, 1.54) is 11.8 Å². The standard InChI is InChI=1S/C9H15N5O2S/c1-12(2)7-6(14(15)16)8(13(3)4)11-9(10-7)17-5/h1-5H3. The molecule has 0 aliphatic heterocycles. The highest BCUT2D eigenvalue weighted by Gasteiger charge is 2.27. The van der Waals surface area contributed by atoms with E-state index >= 15 is 0 Å². The van der Waals surface area contributed by atoms with E-state index in [0.717, 1.165) is 0 Å². The average molecular weight is 257 g/mol. The van der Waals surface area contributed by atoms with Gasteiger partial charge in [-0.3, -0.25) is 10.1 Å². The van der Waals surface area contributed by atoms with Crippen LogP contribution in [0.15, 0.2) is 5.16 Å². The maximum Gasteiger partial charge on any atom is 0.353 e. The van der Waals surface area contributed by atoms with Crippen LogP contribution in [0.3, 0.4) is 0 Å². The Balaban J connectivity index is 3.55. The van der Waals surface area contributed by atoms with Crippen molar-refractivity contribution < 1.29 is 4.92 Å². The van der Waals surface area contributed by atoms with Crippen LogP contribution in [-0.4, -0.2) is 49.3 Å². The first-order valence-corrected chi connectivity index (χ1v) is 6.06. The Kier molecular flexibility index (Phi) is 4.11. The first-order valence-electron chi connectivity index (χ1n) is 4.83. The van der Waals surface area contributed by atoms with Gasteiger partial charge in [0.1, 0.15) is 0 Å². The lowest BCUT2D eigenvalue weighted by Crippen LogP contribution is -2.19. The molecule has 1 aromatic heterocycles. The summed E-state index contributed by atoms with van der Waals surface area (Å²) in [5.41, 5.74) is -0.0715. The number of rotatable bonds is 4. The Hall–Kier alpha value is -1.57. The van der Waals surface area contributed by atoms with Gasteiger partial charge in [0.05, 0.1) is 4.92 Å². The molecule has 1 heterocycles. The molecule has 17 heavy (non-hydrogen) atoms. The Morgan fingerprint density at radius 2 is 1.53 bits per heavy atom. The van der Waals surface area contributed by atoms with Gasteiger partial charge in [0.2, 0.25) is 11.6 Å². The molecule has 7 nitrogen and oxygen atoms in total. The monoisotopic (exact) mass is 257 g/mol. The molecule has 0 saturated carbocycles. The summed E-state index contributed by atoms with van der Waals surface area (Å²) in [6.07, 6.45) is 1.83. The van der Waals surface area contributed by atoms with Gasteiger partial charge in [-0.15, -0.1) is 0 Å². The molecule has 0 amide bonds. The van der Waals surface area contributed by atoms with E-state index in [4.69, 9.17) is 0 Å². The zero-order chi connectivity index (χ0) is 13.2. The minimum Gasteiger partial charge on any atom is -0.357 e. The minimum absolute atomic E-state index is 0.0715. The van der Waals surface area contributed by atoms with Crippen molar-refractivity contribution in [1.82, 2.24) is 9.97 Å². The second-order valence-electron chi connectivity index (χ2n) is 3.75. The van der Waals surface area contributed by atoms with Crippen molar-refractivity contribution in [3.63, 3.8) is 0 Å². The Morgan fingerprint density at radius 1 is 1.12 bits per heavy atom. The molecule has 8 heteroatoms. The van der Waals surface area contributed by atoms with Gasteiger partial charge in [-0.1, -0.05) is 11.8 Å². The third-order valence-corrected chi connectivity index (χ3v) is 2.59. The molecule has 1 rings (SSSR count). The highest BCUT2D eigenvalue weighted by molar-refractivity contribution is 7.98. The van der Waals surface area contributed by atoms with Crippen LogP contribution in [0.4, 0.5) is 17.3 Å². The van der Waals surface area contributed by atoms with Gasteiger partial charge >= 0.3 is 5.69 Å². The highest BCUT2D eigenvalue weighted by atomic mass is 32.2. The lowest BCUT2D eigenvalue weighted by molar-refractivity contribution is -0.383. The maximum atomic E-state index is 11.1. The molecule has 0 unspecified atom stereocenters. The van der Waals surface area contributed by atoms with Crippen molar-refractivity contribution in [2.24, 2.45) is 0 Å². The fourth-order valence-corrected chi connectivity index (χ4v) is 1.65. The summed E-state index contributed by atoms with van der Waals surface area (Å²) in [4.78, 5) is 22.2. The number of anilines is 2. The first kappa shape index (κ1) is 13.5. The van der Waals surface area contributed by atoms with Crippen molar-refractivity contribution in [3.8, 4) is 0 Å². The molecule has 94 valence electrons. The summed E-state index contributed by atoms with van der Waals surface area (Å²) in [6, 6.07) is 0. The first-order chi connectivity index (χ1) is 7.88. The van der Waals surface area contributed by atoms with E-state index in [9.17, 15) is 10.1 Å². The third kappa shape index (κ3) is 2.76. The summed E-state index contributed by atoms with van der Waals surface area (Å²) in [7, 11) is 6.88. The van der Waals surface area contributed by atoms with Crippen LogP contribution in [0.2, 0.25) is 0 Å². The van der Waals surface area contributed by atoms with Gasteiger partial charge in [0.15, 0.2) is 5.16 Å². The average Bonchev–Trinajstić information content (AvgIpc) is 2.26. The molecule has 0 spiro atoms. The fraction of sp³-hybridized carbons (Fsp3) is 0.556. The van der Waals surface area contributed by atoms with Crippen molar-refractivity contribution in [3.05, 3.63) is 10.1 Å². The van der Waals surface area contributed by atoms with Crippen LogP contribution in [0.5, 0.6) is 0 Å². The molecular formula is C9H15N5O2S. The van der Waals surface area contributed by atoms with E-state index in [2.05, 4.69) is 9.97 Å². The number of nitrogens with zero attached hydrogens (tertiary/aromatic N) is 5. The molecule has 0 atom stereocenters. The topological polar surface area (TPSA) is 75.4 Å². The van der Waals surface area contributed by atoms with E-state index in [0.29, 0.717) is 16.8 Å². The number of nitro groups is 1. The number of hydrogen-bond donors (Lipinski definition) is 0. The maximum absolute atomic E-state index is 11.1.